The lowest BCUT2D eigenvalue weighted by Crippen LogP contribution is -2.26. The second-order valence-corrected chi connectivity index (χ2v) is 6.42. The smallest absolute Gasteiger partial charge is 0.0298 e. The van der Waals surface area contributed by atoms with Gasteiger partial charge in [-0.2, -0.15) is 0 Å². The van der Waals surface area contributed by atoms with E-state index in [0.29, 0.717) is 11.5 Å². The molecule has 0 aliphatic heterocycles. The molecule has 0 aromatic heterocycles. The number of hydrogen-bond donors (Lipinski definition) is 1. The molecule has 1 saturated carbocycles. The Labute approximate surface area is 122 Å². The SMILES string of the molecule is CCCC1(CNC(C)c2cccc3ccccc23)CC1. The van der Waals surface area contributed by atoms with Gasteiger partial charge in [0.15, 0.2) is 0 Å². The fraction of sp³-hybridized carbons (Fsp3) is 0.474. The van der Waals surface area contributed by atoms with Crippen LogP contribution in [0.4, 0.5) is 0 Å². The van der Waals surface area contributed by atoms with Gasteiger partial charge in [-0.1, -0.05) is 55.8 Å². The number of nitrogens with one attached hydrogen (secondary N) is 1. The van der Waals surface area contributed by atoms with E-state index in [9.17, 15) is 0 Å². The third kappa shape index (κ3) is 2.73. The van der Waals surface area contributed by atoms with E-state index in [4.69, 9.17) is 0 Å². The molecule has 0 radical (unpaired) electrons. The topological polar surface area (TPSA) is 12.0 Å². The highest BCUT2D eigenvalue weighted by Gasteiger charge is 2.41. The molecule has 1 aliphatic rings. The van der Waals surface area contributed by atoms with Gasteiger partial charge in [0.05, 0.1) is 0 Å². The predicted octanol–water partition coefficient (Wildman–Crippen LogP) is 5.07. The molecule has 2 aromatic carbocycles. The maximum atomic E-state index is 3.78. The summed E-state index contributed by atoms with van der Waals surface area (Å²) in [5.41, 5.74) is 2.04. The van der Waals surface area contributed by atoms with Crippen molar-refractivity contribution in [1.29, 1.82) is 0 Å². The summed E-state index contributed by atoms with van der Waals surface area (Å²) in [4.78, 5) is 0. The standard InChI is InChI=1S/C19H25N/c1-3-11-19(12-13-19)14-20-15(2)17-10-6-8-16-7-4-5-9-18(16)17/h4-10,15,20H,3,11-14H2,1-2H3. The van der Waals surface area contributed by atoms with Crippen molar-refractivity contribution in [3.8, 4) is 0 Å². The maximum Gasteiger partial charge on any atom is 0.0298 e. The van der Waals surface area contributed by atoms with E-state index in [0.717, 1.165) is 0 Å². The van der Waals surface area contributed by atoms with Gasteiger partial charge in [-0.05, 0) is 47.9 Å². The van der Waals surface area contributed by atoms with Crippen molar-refractivity contribution >= 4 is 10.8 Å². The Morgan fingerprint density at radius 2 is 1.85 bits per heavy atom. The summed E-state index contributed by atoms with van der Waals surface area (Å²) < 4.78 is 0. The van der Waals surface area contributed by atoms with Gasteiger partial charge in [0, 0.05) is 12.6 Å². The molecule has 0 heterocycles. The molecule has 0 amide bonds. The summed E-state index contributed by atoms with van der Waals surface area (Å²) in [7, 11) is 0. The van der Waals surface area contributed by atoms with E-state index >= 15 is 0 Å². The Morgan fingerprint density at radius 3 is 2.60 bits per heavy atom. The molecule has 1 heteroatoms. The predicted molar refractivity (Wildman–Crippen MR) is 86.9 cm³/mol. The molecule has 20 heavy (non-hydrogen) atoms. The van der Waals surface area contributed by atoms with Crippen LogP contribution in [0, 0.1) is 5.41 Å². The molecular formula is C19H25N. The molecule has 1 nitrogen and oxygen atoms in total. The minimum absolute atomic E-state index is 0.426. The van der Waals surface area contributed by atoms with Crippen LogP contribution in [0.2, 0.25) is 0 Å². The third-order valence-electron chi connectivity index (χ3n) is 4.81. The first kappa shape index (κ1) is 13.6. The molecule has 1 aliphatic carbocycles. The number of fused-ring (bicyclic) bond motifs is 1. The third-order valence-corrected chi connectivity index (χ3v) is 4.81. The van der Waals surface area contributed by atoms with E-state index < -0.39 is 0 Å². The normalized spacial score (nSPS) is 18.1. The van der Waals surface area contributed by atoms with Crippen molar-refractivity contribution in [3.63, 3.8) is 0 Å². The van der Waals surface area contributed by atoms with Crippen LogP contribution in [-0.4, -0.2) is 6.54 Å². The lowest BCUT2D eigenvalue weighted by molar-refractivity contribution is 0.398. The number of hydrogen-bond acceptors (Lipinski definition) is 1. The first-order valence-corrected chi connectivity index (χ1v) is 7.95. The second kappa shape index (κ2) is 5.57. The largest absolute Gasteiger partial charge is 0.310 e. The van der Waals surface area contributed by atoms with Gasteiger partial charge in [0.25, 0.3) is 0 Å². The molecule has 0 spiro atoms. The molecular weight excluding hydrogens is 242 g/mol. The van der Waals surface area contributed by atoms with Crippen LogP contribution >= 0.6 is 0 Å². The monoisotopic (exact) mass is 267 g/mol. The van der Waals surface area contributed by atoms with Crippen LogP contribution < -0.4 is 5.32 Å². The van der Waals surface area contributed by atoms with Crippen molar-refractivity contribution in [2.75, 3.05) is 6.54 Å². The van der Waals surface area contributed by atoms with Crippen molar-refractivity contribution < 1.29 is 0 Å². The van der Waals surface area contributed by atoms with E-state index in [1.807, 2.05) is 0 Å². The summed E-state index contributed by atoms with van der Waals surface area (Å²) in [5, 5.41) is 6.50. The molecule has 106 valence electrons. The quantitative estimate of drug-likeness (QED) is 0.770. The lowest BCUT2D eigenvalue weighted by Gasteiger charge is -2.21. The molecule has 3 rings (SSSR count). The molecule has 1 unspecified atom stereocenters. The van der Waals surface area contributed by atoms with Crippen LogP contribution in [0.3, 0.4) is 0 Å². The summed E-state index contributed by atoms with van der Waals surface area (Å²) in [5.74, 6) is 0. The van der Waals surface area contributed by atoms with Gasteiger partial charge in [0.2, 0.25) is 0 Å². The van der Waals surface area contributed by atoms with Crippen LogP contribution in [0.5, 0.6) is 0 Å². The van der Waals surface area contributed by atoms with E-state index in [-0.39, 0.29) is 0 Å². The molecule has 2 aromatic rings. The van der Waals surface area contributed by atoms with E-state index in [2.05, 4.69) is 61.6 Å². The van der Waals surface area contributed by atoms with Crippen LogP contribution in [0.1, 0.15) is 51.1 Å². The summed E-state index contributed by atoms with van der Waals surface area (Å²) in [6.45, 7) is 5.77. The van der Waals surface area contributed by atoms with Gasteiger partial charge >= 0.3 is 0 Å². The molecule has 0 saturated heterocycles. The zero-order valence-electron chi connectivity index (χ0n) is 12.7. The average molecular weight is 267 g/mol. The minimum atomic E-state index is 0.426. The highest BCUT2D eigenvalue weighted by Crippen LogP contribution is 2.49. The maximum absolute atomic E-state index is 3.78. The zero-order chi connectivity index (χ0) is 14.0. The molecule has 1 N–H and O–H groups in total. The van der Waals surface area contributed by atoms with Crippen molar-refractivity contribution in [3.05, 3.63) is 48.0 Å². The Balaban J connectivity index is 1.74. The Hall–Kier alpha value is -1.34. The van der Waals surface area contributed by atoms with Gasteiger partial charge in [-0.25, -0.2) is 0 Å². The first-order chi connectivity index (χ1) is 9.74. The Morgan fingerprint density at radius 1 is 1.10 bits per heavy atom. The minimum Gasteiger partial charge on any atom is -0.310 e. The Bertz CT molecular complexity index is 578. The number of benzene rings is 2. The van der Waals surface area contributed by atoms with Gasteiger partial charge in [0.1, 0.15) is 0 Å². The number of rotatable bonds is 6. The Kier molecular flexibility index (Phi) is 3.80. The van der Waals surface area contributed by atoms with Crippen LogP contribution in [-0.2, 0) is 0 Å². The van der Waals surface area contributed by atoms with E-state index in [1.165, 1.54) is 48.6 Å². The van der Waals surface area contributed by atoms with Gasteiger partial charge in [-0.15, -0.1) is 0 Å². The van der Waals surface area contributed by atoms with Crippen LogP contribution in [0.15, 0.2) is 42.5 Å². The van der Waals surface area contributed by atoms with E-state index in [1.54, 1.807) is 0 Å². The molecule has 1 fully saturated rings. The van der Waals surface area contributed by atoms with Crippen molar-refractivity contribution in [1.82, 2.24) is 5.32 Å². The fourth-order valence-corrected chi connectivity index (χ4v) is 3.33. The summed E-state index contributed by atoms with van der Waals surface area (Å²) in [6, 6.07) is 15.8. The molecule has 1 atom stereocenters. The fourth-order valence-electron chi connectivity index (χ4n) is 3.33. The van der Waals surface area contributed by atoms with Crippen molar-refractivity contribution in [2.45, 2.75) is 45.6 Å². The zero-order valence-corrected chi connectivity index (χ0v) is 12.7. The van der Waals surface area contributed by atoms with Crippen molar-refractivity contribution in [2.24, 2.45) is 5.41 Å². The summed E-state index contributed by atoms with van der Waals surface area (Å²) >= 11 is 0. The second-order valence-electron chi connectivity index (χ2n) is 6.42. The lowest BCUT2D eigenvalue weighted by atomic mass is 9.97. The summed E-state index contributed by atoms with van der Waals surface area (Å²) in [6.07, 6.45) is 5.51. The highest BCUT2D eigenvalue weighted by molar-refractivity contribution is 5.86. The van der Waals surface area contributed by atoms with Crippen LogP contribution in [0.25, 0.3) is 10.8 Å². The first-order valence-electron chi connectivity index (χ1n) is 7.95. The average Bonchev–Trinajstić information content (AvgIpc) is 3.25. The molecule has 0 bridgehead atoms. The van der Waals surface area contributed by atoms with Gasteiger partial charge in [-0.3, -0.25) is 0 Å². The highest BCUT2D eigenvalue weighted by atomic mass is 14.9. The van der Waals surface area contributed by atoms with Gasteiger partial charge < -0.3 is 5.32 Å².